The molecular formula is C66H81N16P2U2+. The minimum absolute atomic E-state index is 0. The predicted molar refractivity (Wildman–Crippen MR) is 346 cm³/mol. The zero-order valence-corrected chi connectivity index (χ0v) is 62.9. The first kappa shape index (κ1) is 75.6. The maximum atomic E-state index is 3.77. The van der Waals surface area contributed by atoms with Crippen LogP contribution in [0.4, 0.5) is 0 Å². The SMILES string of the molecule is Cc1cc(C)[n-]n1.Cc1cc(C)[n-]n1.Cc1cc(C)[n-]n1.Cc1cc(C)[n-]n1.Cc1cc(C)[n-]n1.Cc1cc(C)[n-]n1.Cc1cc(C)[n-]n1.Cc1cc(C)[n-]n1.[U+4].[U+4].c1ccc(P(CC[PH+](c2ccccc2)c2ccccc2)c2ccccc2)cc1. The molecule has 0 saturated heterocycles. The molecule has 0 saturated carbocycles. The molecule has 0 aliphatic carbocycles. The van der Waals surface area contributed by atoms with Gasteiger partial charge in [0.15, 0.2) is 0 Å². The monoisotopic (exact) mass is 1640 g/mol. The van der Waals surface area contributed by atoms with Gasteiger partial charge < -0.3 is 81.6 Å². The van der Waals surface area contributed by atoms with Gasteiger partial charge in [-0.05, 0) is 98.2 Å². The molecule has 8 aromatic heterocycles. The quantitative estimate of drug-likeness (QED) is 0.136. The van der Waals surface area contributed by atoms with Crippen molar-refractivity contribution in [1.82, 2.24) is 81.6 Å². The molecule has 0 aliphatic heterocycles. The fourth-order valence-electron chi connectivity index (χ4n) is 7.72. The normalized spacial score (nSPS) is 9.74. The van der Waals surface area contributed by atoms with Gasteiger partial charge in [0.25, 0.3) is 0 Å². The summed E-state index contributed by atoms with van der Waals surface area (Å²) in [6.45, 7) is 30.9. The van der Waals surface area contributed by atoms with Crippen LogP contribution in [0.2, 0.25) is 0 Å². The summed E-state index contributed by atoms with van der Waals surface area (Å²) < 4.78 is 0. The van der Waals surface area contributed by atoms with E-state index >= 15 is 0 Å². The summed E-state index contributed by atoms with van der Waals surface area (Å²) in [7, 11) is -1.13. The second kappa shape index (κ2) is 42.4. The van der Waals surface area contributed by atoms with Crippen LogP contribution >= 0.6 is 15.8 Å². The van der Waals surface area contributed by atoms with Crippen molar-refractivity contribution in [3.05, 3.63) is 261 Å². The van der Waals surface area contributed by atoms with Gasteiger partial charge in [0.05, 0.1) is 24.7 Å². The first-order valence-electron chi connectivity index (χ1n) is 27.6. The van der Waals surface area contributed by atoms with Gasteiger partial charge in [-0.2, -0.15) is 0 Å². The Morgan fingerprint density at radius 3 is 0.581 bits per heavy atom. The van der Waals surface area contributed by atoms with Crippen LogP contribution in [-0.4, -0.2) is 53.1 Å². The van der Waals surface area contributed by atoms with Crippen LogP contribution in [0.5, 0.6) is 0 Å². The van der Waals surface area contributed by atoms with E-state index in [-0.39, 0.29) is 70.1 Å². The summed E-state index contributed by atoms with van der Waals surface area (Å²) in [6.07, 6.45) is 2.47. The number of benzene rings is 4. The first-order chi connectivity index (χ1) is 40.2. The van der Waals surface area contributed by atoms with Crippen molar-refractivity contribution < 1.29 is 62.2 Å². The zero-order valence-electron chi connectivity index (χ0n) is 52.7. The van der Waals surface area contributed by atoms with Crippen LogP contribution in [0.15, 0.2) is 170 Å². The summed E-state index contributed by atoms with van der Waals surface area (Å²) in [6, 6.07) is 59.9. The molecule has 20 heteroatoms. The van der Waals surface area contributed by atoms with E-state index in [1.165, 1.54) is 33.5 Å². The van der Waals surface area contributed by atoms with Crippen molar-refractivity contribution in [2.24, 2.45) is 0 Å². The van der Waals surface area contributed by atoms with E-state index in [9.17, 15) is 0 Å². The van der Waals surface area contributed by atoms with E-state index in [1.54, 1.807) is 0 Å². The van der Waals surface area contributed by atoms with Crippen LogP contribution in [0.25, 0.3) is 0 Å². The van der Waals surface area contributed by atoms with Gasteiger partial charge in [0, 0.05) is 51.7 Å². The summed E-state index contributed by atoms with van der Waals surface area (Å²) in [5.41, 5.74) is 16.0. The molecule has 0 N–H and O–H groups in total. The van der Waals surface area contributed by atoms with Crippen LogP contribution in [0.1, 0.15) is 91.1 Å². The van der Waals surface area contributed by atoms with Crippen molar-refractivity contribution in [3.8, 4) is 0 Å². The van der Waals surface area contributed by atoms with Crippen LogP contribution < -0.4 is 62.0 Å². The second-order valence-corrected chi connectivity index (χ2v) is 24.7. The average molecular weight is 1640 g/mol. The van der Waals surface area contributed by atoms with Crippen molar-refractivity contribution in [1.29, 1.82) is 0 Å². The molecule has 16 nitrogen and oxygen atoms in total. The number of nitrogens with zero attached hydrogens (tertiary/aromatic N) is 16. The Labute approximate surface area is 560 Å². The van der Waals surface area contributed by atoms with Gasteiger partial charge in [0.2, 0.25) is 0 Å². The average Bonchev–Trinajstić information content (AvgIpc) is 4.50. The smallest absolute Gasteiger partial charge is 0.579 e. The molecule has 0 amide bonds. The Kier molecular flexibility index (Phi) is 37.3. The Hall–Kier alpha value is -6.48. The summed E-state index contributed by atoms with van der Waals surface area (Å²) in [4.78, 5) is 0. The molecule has 12 aromatic rings. The minimum atomic E-state index is -0.793. The summed E-state index contributed by atoms with van der Waals surface area (Å²) >= 11 is 0. The number of hydrogen-bond acceptors (Lipinski definition) is 8. The zero-order chi connectivity index (χ0) is 61.2. The standard InChI is InChI=1S/C26H24P2.8C5H7N2.2U/c1-5-13-23(14-6-1)27(24-15-7-2-8-16-24)21-22-28(25-17-9-3-10-18-25)26-19-11-4-12-20-26;8*1-4-3-5(2)7-6-4;;/h1-20H,21-22H2;8*3H,1-2H3;;/q;8*-1;2*+4/p+1. The maximum absolute atomic E-state index is 3.77. The van der Waals surface area contributed by atoms with Gasteiger partial charge in [-0.3, -0.25) is 0 Å². The third-order valence-electron chi connectivity index (χ3n) is 11.2. The van der Waals surface area contributed by atoms with E-state index in [1.807, 2.05) is 159 Å². The van der Waals surface area contributed by atoms with Crippen LogP contribution in [-0.2, 0) is 0 Å². The summed E-state index contributed by atoms with van der Waals surface area (Å²) in [5.74, 6) is 0. The topological polar surface area (TPSA) is 216 Å². The Bertz CT molecular complexity index is 2830. The molecule has 8 heterocycles. The summed E-state index contributed by atoms with van der Waals surface area (Å²) in [5, 5.41) is 66.2. The van der Waals surface area contributed by atoms with E-state index < -0.39 is 7.92 Å². The van der Waals surface area contributed by atoms with Gasteiger partial charge in [-0.15, -0.1) is 45.6 Å². The molecule has 0 fully saturated rings. The van der Waals surface area contributed by atoms with Gasteiger partial charge in [0.1, 0.15) is 0 Å². The van der Waals surface area contributed by atoms with E-state index in [0.717, 1.165) is 91.1 Å². The first-order valence-corrected chi connectivity index (χ1v) is 30.8. The van der Waals surface area contributed by atoms with Gasteiger partial charge in [-0.1, -0.05) is 201 Å². The molecular weight excluding hydrogens is 1550 g/mol. The van der Waals surface area contributed by atoms with E-state index in [0.29, 0.717) is 0 Å². The van der Waals surface area contributed by atoms with Crippen molar-refractivity contribution in [2.45, 2.75) is 111 Å². The van der Waals surface area contributed by atoms with Crippen molar-refractivity contribution in [2.75, 3.05) is 12.3 Å². The molecule has 86 heavy (non-hydrogen) atoms. The second-order valence-electron chi connectivity index (χ2n) is 19.8. The fraction of sp³-hybridized carbons (Fsp3) is 0.273. The maximum Gasteiger partial charge on any atom is 4.00 e. The third kappa shape index (κ3) is 32.3. The number of aryl methyl sites for hydroxylation is 16. The van der Waals surface area contributed by atoms with Crippen LogP contribution in [0.3, 0.4) is 0 Å². The van der Waals surface area contributed by atoms with Crippen molar-refractivity contribution >= 4 is 37.1 Å². The molecule has 0 radical (unpaired) electrons. The number of rotatable bonds is 7. The molecule has 0 spiro atoms. The third-order valence-corrected chi connectivity index (χ3v) is 17.0. The largest absolute Gasteiger partial charge is 4.00 e. The van der Waals surface area contributed by atoms with E-state index in [4.69, 9.17) is 0 Å². The number of aromatic nitrogens is 16. The molecule has 442 valence electrons. The minimum Gasteiger partial charge on any atom is -0.579 e. The Morgan fingerprint density at radius 1 is 0.267 bits per heavy atom. The van der Waals surface area contributed by atoms with Crippen LogP contribution in [0, 0.1) is 173 Å². The van der Waals surface area contributed by atoms with Crippen molar-refractivity contribution in [3.63, 3.8) is 0 Å². The molecule has 0 atom stereocenters. The number of hydrogen-bond donors (Lipinski definition) is 0. The molecule has 0 bridgehead atoms. The fourth-order valence-corrected chi connectivity index (χ4v) is 13.5. The Balaban J connectivity index is 0.000000361. The Morgan fingerprint density at radius 2 is 0.442 bits per heavy atom. The molecule has 0 aliphatic rings. The van der Waals surface area contributed by atoms with E-state index in [2.05, 4.69) is 203 Å². The predicted octanol–water partition coefficient (Wildman–Crippen LogP) is 10.2. The molecule has 12 rings (SSSR count). The van der Waals surface area contributed by atoms with Gasteiger partial charge >= 0.3 is 62.2 Å². The molecule has 4 aromatic carbocycles. The van der Waals surface area contributed by atoms with Gasteiger partial charge in [-0.25, -0.2) is 0 Å². The molecule has 0 unspecified atom stereocenters.